The van der Waals surface area contributed by atoms with Crippen molar-refractivity contribution in [2.75, 3.05) is 16.8 Å². The zero-order chi connectivity index (χ0) is 17.3. The molecule has 124 valence electrons. The molecule has 4 nitrogen and oxygen atoms in total. The van der Waals surface area contributed by atoms with Gasteiger partial charge in [-0.2, -0.15) is 0 Å². The Bertz CT molecular complexity index is 807. The van der Waals surface area contributed by atoms with Crippen LogP contribution in [0.5, 0.6) is 0 Å². The van der Waals surface area contributed by atoms with E-state index in [0.717, 1.165) is 5.56 Å². The van der Waals surface area contributed by atoms with Crippen LogP contribution >= 0.6 is 23.2 Å². The Hall–Kier alpha value is -2.04. The van der Waals surface area contributed by atoms with E-state index in [1.54, 1.807) is 35.2 Å². The number of halogens is 2. The lowest BCUT2D eigenvalue weighted by molar-refractivity contribution is -0.129. The molecule has 3 rings (SSSR count). The number of anilines is 2. The summed E-state index contributed by atoms with van der Waals surface area (Å²) in [6.45, 7) is 2.39. The molecule has 1 heterocycles. The van der Waals surface area contributed by atoms with Crippen LogP contribution in [0.15, 0.2) is 42.5 Å². The first-order valence-electron chi connectivity index (χ1n) is 7.60. The molecule has 0 radical (unpaired) electrons. The second kappa shape index (κ2) is 6.83. The van der Waals surface area contributed by atoms with E-state index in [4.69, 9.17) is 23.2 Å². The largest absolute Gasteiger partial charge is 0.324 e. The molecule has 1 aliphatic rings. The van der Waals surface area contributed by atoms with Crippen LogP contribution in [0.3, 0.4) is 0 Å². The number of nitrogens with one attached hydrogen (secondary N) is 1. The standard InChI is InChI=1S/C18H16Cl2N2O2/c1-11-6-7-16(14(20)10-11)22-9-8-12(18(22)24)17(23)21-15-5-3-2-4-13(15)19/h2-7,10,12H,8-9H2,1H3,(H,21,23). The van der Waals surface area contributed by atoms with Gasteiger partial charge in [0.25, 0.3) is 0 Å². The number of hydrogen-bond acceptors (Lipinski definition) is 2. The lowest BCUT2D eigenvalue weighted by Crippen LogP contribution is -2.33. The molecule has 24 heavy (non-hydrogen) atoms. The summed E-state index contributed by atoms with van der Waals surface area (Å²) >= 11 is 12.3. The summed E-state index contributed by atoms with van der Waals surface area (Å²) in [5, 5.41) is 3.68. The van der Waals surface area contributed by atoms with Gasteiger partial charge in [0.1, 0.15) is 5.92 Å². The van der Waals surface area contributed by atoms with Gasteiger partial charge in [-0.25, -0.2) is 0 Å². The van der Waals surface area contributed by atoms with Crippen LogP contribution in [0.1, 0.15) is 12.0 Å². The third-order valence-corrected chi connectivity index (χ3v) is 4.68. The normalized spacial score (nSPS) is 17.2. The summed E-state index contributed by atoms with van der Waals surface area (Å²) in [5.74, 6) is -1.33. The van der Waals surface area contributed by atoms with Crippen LogP contribution in [-0.2, 0) is 9.59 Å². The van der Waals surface area contributed by atoms with E-state index in [2.05, 4.69) is 5.32 Å². The molecule has 0 bridgehead atoms. The molecule has 6 heteroatoms. The third-order valence-electron chi connectivity index (χ3n) is 4.05. The Morgan fingerprint density at radius 2 is 1.92 bits per heavy atom. The summed E-state index contributed by atoms with van der Waals surface area (Å²) < 4.78 is 0. The fraction of sp³-hybridized carbons (Fsp3) is 0.222. The quantitative estimate of drug-likeness (QED) is 0.827. The highest BCUT2D eigenvalue weighted by atomic mass is 35.5. The summed E-state index contributed by atoms with van der Waals surface area (Å²) in [7, 11) is 0. The monoisotopic (exact) mass is 362 g/mol. The van der Waals surface area contributed by atoms with E-state index in [0.29, 0.717) is 34.4 Å². The number of para-hydroxylation sites is 1. The van der Waals surface area contributed by atoms with Gasteiger partial charge in [-0.3, -0.25) is 9.59 Å². The van der Waals surface area contributed by atoms with E-state index in [-0.39, 0.29) is 11.8 Å². The lowest BCUT2D eigenvalue weighted by atomic mass is 10.1. The lowest BCUT2D eigenvalue weighted by Gasteiger charge is -2.18. The van der Waals surface area contributed by atoms with Gasteiger partial charge in [-0.15, -0.1) is 0 Å². The van der Waals surface area contributed by atoms with Crippen LogP contribution in [0.4, 0.5) is 11.4 Å². The number of amides is 2. The minimum atomic E-state index is -0.737. The molecule has 1 aliphatic heterocycles. The van der Waals surface area contributed by atoms with Gasteiger partial charge in [0.2, 0.25) is 11.8 Å². The molecule has 1 fully saturated rings. The second-order valence-electron chi connectivity index (χ2n) is 5.76. The third kappa shape index (κ3) is 3.25. The number of hydrogen-bond donors (Lipinski definition) is 1. The Kier molecular flexibility index (Phi) is 4.78. The van der Waals surface area contributed by atoms with Gasteiger partial charge in [-0.1, -0.05) is 41.4 Å². The van der Waals surface area contributed by atoms with Crippen LogP contribution in [0, 0.1) is 12.8 Å². The topological polar surface area (TPSA) is 49.4 Å². The molecule has 0 saturated carbocycles. The highest BCUT2D eigenvalue weighted by Gasteiger charge is 2.38. The molecule has 2 aromatic rings. The van der Waals surface area contributed by atoms with Gasteiger partial charge >= 0.3 is 0 Å². The maximum absolute atomic E-state index is 12.6. The van der Waals surface area contributed by atoms with Crippen molar-refractivity contribution in [3.63, 3.8) is 0 Å². The number of rotatable bonds is 3. The number of carbonyl (C=O) groups is 2. The Labute approximate surface area is 150 Å². The van der Waals surface area contributed by atoms with Crippen molar-refractivity contribution in [2.24, 2.45) is 5.92 Å². The van der Waals surface area contributed by atoms with E-state index < -0.39 is 5.92 Å². The van der Waals surface area contributed by atoms with Gasteiger partial charge in [-0.05, 0) is 43.2 Å². The fourth-order valence-electron chi connectivity index (χ4n) is 2.78. The van der Waals surface area contributed by atoms with Crippen molar-refractivity contribution >= 4 is 46.4 Å². The fourth-order valence-corrected chi connectivity index (χ4v) is 3.30. The number of carbonyl (C=O) groups excluding carboxylic acids is 2. The summed E-state index contributed by atoms with van der Waals surface area (Å²) in [4.78, 5) is 26.6. The zero-order valence-corrected chi connectivity index (χ0v) is 14.6. The summed E-state index contributed by atoms with van der Waals surface area (Å²) in [5.41, 5.74) is 2.16. The molecule has 1 atom stereocenters. The average Bonchev–Trinajstić information content (AvgIpc) is 2.91. The van der Waals surface area contributed by atoms with Gasteiger partial charge in [0, 0.05) is 6.54 Å². The maximum Gasteiger partial charge on any atom is 0.239 e. The van der Waals surface area contributed by atoms with Crippen molar-refractivity contribution in [3.05, 3.63) is 58.1 Å². The van der Waals surface area contributed by atoms with Crippen molar-refractivity contribution in [1.82, 2.24) is 0 Å². The molecular weight excluding hydrogens is 347 g/mol. The molecule has 0 aromatic heterocycles. The summed E-state index contributed by atoms with van der Waals surface area (Å²) in [6, 6.07) is 12.5. The van der Waals surface area contributed by atoms with Crippen molar-refractivity contribution in [2.45, 2.75) is 13.3 Å². The molecule has 2 aromatic carbocycles. The molecule has 0 spiro atoms. The zero-order valence-electron chi connectivity index (χ0n) is 13.1. The van der Waals surface area contributed by atoms with Crippen molar-refractivity contribution in [3.8, 4) is 0 Å². The predicted molar refractivity (Wildman–Crippen MR) is 96.7 cm³/mol. The number of benzene rings is 2. The second-order valence-corrected chi connectivity index (χ2v) is 6.57. The highest BCUT2D eigenvalue weighted by molar-refractivity contribution is 6.34. The van der Waals surface area contributed by atoms with Gasteiger partial charge in [0.15, 0.2) is 0 Å². The van der Waals surface area contributed by atoms with Crippen molar-refractivity contribution in [1.29, 1.82) is 0 Å². The minimum absolute atomic E-state index is 0.245. The predicted octanol–water partition coefficient (Wildman–Crippen LogP) is 4.29. The molecule has 1 saturated heterocycles. The first kappa shape index (κ1) is 16.8. The smallest absolute Gasteiger partial charge is 0.239 e. The first-order chi connectivity index (χ1) is 11.5. The van der Waals surface area contributed by atoms with Crippen LogP contribution in [0.25, 0.3) is 0 Å². The minimum Gasteiger partial charge on any atom is -0.324 e. The Balaban J connectivity index is 1.76. The maximum atomic E-state index is 12.6. The molecule has 1 N–H and O–H groups in total. The van der Waals surface area contributed by atoms with E-state index >= 15 is 0 Å². The number of aryl methyl sites for hydroxylation is 1. The van der Waals surface area contributed by atoms with E-state index in [1.165, 1.54) is 0 Å². The van der Waals surface area contributed by atoms with Crippen LogP contribution in [-0.4, -0.2) is 18.4 Å². The molecule has 1 unspecified atom stereocenters. The number of nitrogens with zero attached hydrogens (tertiary/aromatic N) is 1. The SMILES string of the molecule is Cc1ccc(N2CCC(C(=O)Nc3ccccc3Cl)C2=O)c(Cl)c1. The summed E-state index contributed by atoms with van der Waals surface area (Å²) in [6.07, 6.45) is 0.444. The van der Waals surface area contributed by atoms with Gasteiger partial charge < -0.3 is 10.2 Å². The Morgan fingerprint density at radius 1 is 1.17 bits per heavy atom. The van der Waals surface area contributed by atoms with Gasteiger partial charge in [0.05, 0.1) is 21.4 Å². The van der Waals surface area contributed by atoms with Crippen LogP contribution < -0.4 is 10.2 Å². The van der Waals surface area contributed by atoms with Crippen LogP contribution in [0.2, 0.25) is 10.0 Å². The molecular formula is C18H16Cl2N2O2. The van der Waals surface area contributed by atoms with Crippen molar-refractivity contribution < 1.29 is 9.59 Å². The average molecular weight is 363 g/mol. The first-order valence-corrected chi connectivity index (χ1v) is 8.36. The van der Waals surface area contributed by atoms with E-state index in [1.807, 2.05) is 19.1 Å². The highest BCUT2D eigenvalue weighted by Crippen LogP contribution is 2.32. The molecule has 2 amide bonds. The Morgan fingerprint density at radius 3 is 2.62 bits per heavy atom. The van der Waals surface area contributed by atoms with E-state index in [9.17, 15) is 9.59 Å². The molecule has 0 aliphatic carbocycles.